The van der Waals surface area contributed by atoms with Gasteiger partial charge in [-0.3, -0.25) is 14.2 Å². The summed E-state index contributed by atoms with van der Waals surface area (Å²) in [6.45, 7) is 7.56. The van der Waals surface area contributed by atoms with Crippen LogP contribution in [-0.2, 0) is 11.3 Å². The number of halogens is 1. The fourth-order valence-electron chi connectivity index (χ4n) is 2.83. The van der Waals surface area contributed by atoms with E-state index in [1.807, 2.05) is 58.0 Å². The third-order valence-corrected chi connectivity index (χ3v) is 5.62. The Bertz CT molecular complexity index is 1230. The Balaban J connectivity index is 2.21. The van der Waals surface area contributed by atoms with E-state index >= 15 is 0 Å². The first-order valence-corrected chi connectivity index (χ1v) is 10.2. The van der Waals surface area contributed by atoms with Gasteiger partial charge in [0.2, 0.25) is 0 Å². The van der Waals surface area contributed by atoms with Gasteiger partial charge in [0.15, 0.2) is 5.78 Å². The maximum Gasteiger partial charge on any atom is 0.269 e. The molecule has 0 atom stereocenters. The van der Waals surface area contributed by atoms with Gasteiger partial charge in [0, 0.05) is 17.1 Å². The van der Waals surface area contributed by atoms with Crippen molar-refractivity contribution in [2.24, 2.45) is 5.41 Å². The molecule has 29 heavy (non-hydrogen) atoms. The van der Waals surface area contributed by atoms with E-state index in [9.17, 15) is 14.0 Å². The Kier molecular flexibility index (Phi) is 5.99. The van der Waals surface area contributed by atoms with Crippen LogP contribution in [0.5, 0.6) is 0 Å². The molecular weight excluding hydrogens is 385 g/mol. The molecule has 0 bridgehead atoms. The Morgan fingerprint density at radius 2 is 1.86 bits per heavy atom. The van der Waals surface area contributed by atoms with E-state index in [1.54, 1.807) is 18.2 Å². The van der Waals surface area contributed by atoms with Crippen LogP contribution in [0.1, 0.15) is 37.5 Å². The Morgan fingerprint density at radius 1 is 1.14 bits per heavy atom. The van der Waals surface area contributed by atoms with Gasteiger partial charge in [-0.05, 0) is 24.6 Å². The van der Waals surface area contributed by atoms with Gasteiger partial charge in [-0.15, -0.1) is 11.3 Å². The number of aromatic nitrogens is 1. The molecule has 0 fully saturated rings. The molecule has 3 aromatic rings. The van der Waals surface area contributed by atoms with Crippen molar-refractivity contribution in [2.45, 2.75) is 34.2 Å². The van der Waals surface area contributed by atoms with Gasteiger partial charge in [-0.25, -0.2) is 4.39 Å². The fraction of sp³-hybridized carbons (Fsp3) is 0.250. The maximum absolute atomic E-state index is 14.2. The number of nitrogens with zero attached hydrogens (tertiary/aromatic N) is 1. The average molecular weight is 410 g/mol. The predicted octanol–water partition coefficient (Wildman–Crippen LogP) is 3.63. The lowest BCUT2D eigenvalue weighted by Crippen LogP contribution is -2.33. The summed E-state index contributed by atoms with van der Waals surface area (Å²) in [4.78, 5) is 25.7. The van der Waals surface area contributed by atoms with E-state index in [0.29, 0.717) is 14.8 Å². The predicted molar refractivity (Wildman–Crippen MR) is 117 cm³/mol. The maximum atomic E-state index is 14.2. The van der Waals surface area contributed by atoms with Crippen LogP contribution in [0.15, 0.2) is 53.3 Å². The topological polar surface area (TPSA) is 39.1 Å². The Hall–Kier alpha value is -2.79. The second-order valence-electron chi connectivity index (χ2n) is 8.10. The molecule has 150 valence electrons. The Labute approximate surface area is 173 Å². The highest BCUT2D eigenvalue weighted by Crippen LogP contribution is 2.15. The van der Waals surface area contributed by atoms with Crippen molar-refractivity contribution in [1.29, 1.82) is 0 Å². The van der Waals surface area contributed by atoms with Gasteiger partial charge in [0.25, 0.3) is 5.56 Å². The first-order valence-electron chi connectivity index (χ1n) is 9.43. The van der Waals surface area contributed by atoms with Crippen molar-refractivity contribution < 1.29 is 9.18 Å². The minimum absolute atomic E-state index is 0.0763. The third kappa shape index (κ3) is 4.98. The van der Waals surface area contributed by atoms with Crippen LogP contribution in [0, 0.1) is 18.2 Å². The molecule has 0 unspecified atom stereocenters. The van der Waals surface area contributed by atoms with Gasteiger partial charge < -0.3 is 0 Å². The number of benzene rings is 2. The van der Waals surface area contributed by atoms with Crippen molar-refractivity contribution in [2.75, 3.05) is 0 Å². The smallest absolute Gasteiger partial charge is 0.269 e. The van der Waals surface area contributed by atoms with Crippen molar-refractivity contribution in [3.05, 3.63) is 90.6 Å². The average Bonchev–Trinajstić information content (AvgIpc) is 2.91. The summed E-state index contributed by atoms with van der Waals surface area (Å²) < 4.78 is 16.7. The van der Waals surface area contributed by atoms with E-state index in [-0.39, 0.29) is 23.7 Å². The highest BCUT2D eigenvalue weighted by molar-refractivity contribution is 7.07. The summed E-state index contributed by atoms with van der Waals surface area (Å²) in [5.41, 5.74) is 1.62. The number of hydrogen-bond donors (Lipinski definition) is 0. The molecule has 0 aliphatic heterocycles. The van der Waals surface area contributed by atoms with E-state index in [4.69, 9.17) is 0 Å². The molecule has 1 heterocycles. The van der Waals surface area contributed by atoms with Gasteiger partial charge in [0.1, 0.15) is 10.5 Å². The summed E-state index contributed by atoms with van der Waals surface area (Å²) in [5.74, 6) is -0.453. The van der Waals surface area contributed by atoms with Gasteiger partial charge in [-0.2, -0.15) is 0 Å². The number of Topliss-reactive ketones (excluding diaryl/α,β-unsaturated/α-hetero) is 1. The van der Waals surface area contributed by atoms with Crippen molar-refractivity contribution in [3.8, 4) is 0 Å². The normalized spacial score (nSPS) is 13.1. The number of carbonyl (C=O) groups excluding carboxylic acids is 1. The van der Waals surface area contributed by atoms with Crippen LogP contribution in [-0.4, -0.2) is 10.4 Å². The minimum atomic E-state index is -0.566. The molecule has 0 amide bonds. The molecule has 0 aliphatic rings. The van der Waals surface area contributed by atoms with Gasteiger partial charge in [0.05, 0.1) is 11.1 Å². The van der Waals surface area contributed by atoms with Crippen molar-refractivity contribution in [3.63, 3.8) is 0 Å². The molecular formula is C24H24FNO2S. The number of carbonyl (C=O) groups is 1. The summed E-state index contributed by atoms with van der Waals surface area (Å²) in [7, 11) is 0. The van der Waals surface area contributed by atoms with E-state index in [2.05, 4.69) is 0 Å². The second kappa shape index (κ2) is 8.29. The standard InChI is InChI=1S/C24H24FNO2S/c1-16-8-7-9-17(12-16)13-20-23(28)26(15-18-10-5-6-11-19(18)25)22(29-20)14-21(27)24(2,3)4/h5-14H,15H2,1-4H3/b20-13-,22-14-. The quantitative estimate of drug-likeness (QED) is 0.660. The van der Waals surface area contributed by atoms with Crippen LogP contribution in [0.4, 0.5) is 4.39 Å². The van der Waals surface area contributed by atoms with Crippen LogP contribution >= 0.6 is 11.3 Å². The zero-order chi connectivity index (χ0) is 21.2. The SMILES string of the molecule is Cc1cccc(/C=c2\s/c(=C\C(=O)C(C)(C)C)n(Cc3ccccc3F)c2=O)c1. The van der Waals surface area contributed by atoms with Gasteiger partial charge in [-0.1, -0.05) is 68.8 Å². The molecule has 5 heteroatoms. The summed E-state index contributed by atoms with van der Waals surface area (Å²) in [6, 6.07) is 14.2. The number of hydrogen-bond acceptors (Lipinski definition) is 3. The molecule has 0 spiro atoms. The highest BCUT2D eigenvalue weighted by atomic mass is 32.1. The van der Waals surface area contributed by atoms with E-state index in [0.717, 1.165) is 11.1 Å². The Morgan fingerprint density at radius 3 is 2.52 bits per heavy atom. The summed E-state index contributed by atoms with van der Waals surface area (Å²) in [6.07, 6.45) is 3.32. The van der Waals surface area contributed by atoms with Crippen molar-refractivity contribution in [1.82, 2.24) is 4.57 Å². The lowest BCUT2D eigenvalue weighted by Gasteiger charge is -2.13. The molecule has 0 N–H and O–H groups in total. The van der Waals surface area contributed by atoms with Crippen LogP contribution in [0.2, 0.25) is 0 Å². The number of rotatable bonds is 4. The zero-order valence-corrected chi connectivity index (χ0v) is 17.8. The summed E-state index contributed by atoms with van der Waals surface area (Å²) >= 11 is 1.25. The molecule has 0 aliphatic carbocycles. The first kappa shape index (κ1) is 20.9. The lowest BCUT2D eigenvalue weighted by atomic mass is 9.91. The third-order valence-electron chi connectivity index (χ3n) is 4.56. The molecule has 1 aromatic heterocycles. The number of thiazole rings is 1. The molecule has 3 rings (SSSR count). The highest BCUT2D eigenvalue weighted by Gasteiger charge is 2.19. The van der Waals surface area contributed by atoms with E-state index < -0.39 is 5.41 Å². The van der Waals surface area contributed by atoms with Crippen LogP contribution in [0.25, 0.3) is 12.2 Å². The van der Waals surface area contributed by atoms with E-state index in [1.165, 1.54) is 28.0 Å². The lowest BCUT2D eigenvalue weighted by molar-refractivity contribution is -0.120. The van der Waals surface area contributed by atoms with Gasteiger partial charge >= 0.3 is 0 Å². The monoisotopic (exact) mass is 409 g/mol. The molecule has 0 radical (unpaired) electrons. The largest absolute Gasteiger partial charge is 0.294 e. The second-order valence-corrected chi connectivity index (χ2v) is 9.17. The molecule has 3 nitrogen and oxygen atoms in total. The molecule has 2 aromatic carbocycles. The summed E-state index contributed by atoms with van der Waals surface area (Å²) in [5, 5.41) is 0. The first-order chi connectivity index (χ1) is 13.6. The fourth-order valence-corrected chi connectivity index (χ4v) is 3.87. The molecule has 0 saturated heterocycles. The minimum Gasteiger partial charge on any atom is -0.294 e. The van der Waals surface area contributed by atoms with Crippen molar-refractivity contribution >= 4 is 29.3 Å². The van der Waals surface area contributed by atoms with Crippen LogP contribution in [0.3, 0.4) is 0 Å². The van der Waals surface area contributed by atoms with Crippen LogP contribution < -0.4 is 14.8 Å². The number of ketones is 1. The number of aryl methyl sites for hydroxylation is 1. The molecule has 0 saturated carbocycles. The zero-order valence-electron chi connectivity index (χ0n) is 17.0.